The summed E-state index contributed by atoms with van der Waals surface area (Å²) in [6, 6.07) is 2.86. The zero-order valence-corrected chi connectivity index (χ0v) is 9.95. The minimum atomic E-state index is 0.657. The summed E-state index contributed by atoms with van der Waals surface area (Å²) in [5, 5.41) is 7.98. The molecule has 1 saturated carbocycles. The average Bonchev–Trinajstić information content (AvgIpc) is 2.94. The summed E-state index contributed by atoms with van der Waals surface area (Å²) in [6.07, 6.45) is 3.92. The maximum atomic E-state index is 4.39. The van der Waals surface area contributed by atoms with Gasteiger partial charge >= 0.3 is 0 Å². The molecule has 0 radical (unpaired) electrons. The molecule has 0 spiro atoms. The number of nitrogens with one attached hydrogen (secondary N) is 1. The summed E-state index contributed by atoms with van der Waals surface area (Å²) >= 11 is 0. The van der Waals surface area contributed by atoms with Crippen molar-refractivity contribution in [3.05, 3.63) is 17.5 Å². The molecule has 1 N–H and O–H groups in total. The molecule has 15 heavy (non-hydrogen) atoms. The van der Waals surface area contributed by atoms with E-state index in [1.54, 1.807) is 0 Å². The molecular weight excluding hydrogens is 186 g/mol. The third kappa shape index (κ3) is 2.59. The number of aromatic nitrogens is 2. The fourth-order valence-corrected chi connectivity index (χ4v) is 2.25. The van der Waals surface area contributed by atoms with E-state index in [4.69, 9.17) is 0 Å². The summed E-state index contributed by atoms with van der Waals surface area (Å²) in [5.74, 6) is 0.903. The standard InChI is InChI=1S/C12H21N3/c1-4-13-12(10-5-6-10)8-11-7-9(2)14-15(11)3/h7,10,12-13H,4-6,8H2,1-3H3. The highest BCUT2D eigenvalue weighted by Crippen LogP contribution is 2.34. The van der Waals surface area contributed by atoms with E-state index in [1.165, 1.54) is 18.5 Å². The molecule has 0 saturated heterocycles. The van der Waals surface area contributed by atoms with Crippen LogP contribution in [0.4, 0.5) is 0 Å². The molecule has 1 aromatic heterocycles. The van der Waals surface area contributed by atoms with Gasteiger partial charge in [0.1, 0.15) is 0 Å². The van der Waals surface area contributed by atoms with E-state index in [1.807, 2.05) is 11.7 Å². The largest absolute Gasteiger partial charge is 0.314 e. The van der Waals surface area contributed by atoms with E-state index in [0.29, 0.717) is 6.04 Å². The molecule has 1 aliphatic rings. The Bertz CT molecular complexity index is 326. The summed E-state index contributed by atoms with van der Waals surface area (Å²) in [7, 11) is 2.04. The molecular formula is C12H21N3. The second-order valence-electron chi connectivity index (χ2n) is 4.61. The average molecular weight is 207 g/mol. The molecule has 3 heteroatoms. The molecule has 0 aromatic carbocycles. The fraction of sp³-hybridized carbons (Fsp3) is 0.750. The van der Waals surface area contributed by atoms with Gasteiger partial charge in [0.25, 0.3) is 0 Å². The Kier molecular flexibility index (Phi) is 3.10. The van der Waals surface area contributed by atoms with Crippen molar-refractivity contribution in [3.8, 4) is 0 Å². The van der Waals surface area contributed by atoms with Crippen LogP contribution >= 0.6 is 0 Å². The van der Waals surface area contributed by atoms with Gasteiger partial charge in [0, 0.05) is 25.2 Å². The quantitative estimate of drug-likeness (QED) is 0.796. The number of nitrogens with zero attached hydrogens (tertiary/aromatic N) is 2. The van der Waals surface area contributed by atoms with Crippen molar-refractivity contribution in [1.29, 1.82) is 0 Å². The lowest BCUT2D eigenvalue weighted by atomic mass is 10.1. The van der Waals surface area contributed by atoms with Crippen LogP contribution in [0.15, 0.2) is 6.07 Å². The van der Waals surface area contributed by atoms with E-state index in [9.17, 15) is 0 Å². The molecule has 1 atom stereocenters. The summed E-state index contributed by atoms with van der Waals surface area (Å²) < 4.78 is 2.02. The van der Waals surface area contributed by atoms with Gasteiger partial charge in [-0.25, -0.2) is 0 Å². The lowest BCUT2D eigenvalue weighted by molar-refractivity contribution is 0.460. The maximum absolute atomic E-state index is 4.39. The molecule has 1 aliphatic carbocycles. The lowest BCUT2D eigenvalue weighted by Gasteiger charge is -2.16. The maximum Gasteiger partial charge on any atom is 0.0596 e. The first-order chi connectivity index (χ1) is 7.20. The van der Waals surface area contributed by atoms with Crippen LogP contribution in [0.3, 0.4) is 0 Å². The van der Waals surface area contributed by atoms with E-state index >= 15 is 0 Å². The third-order valence-corrected chi connectivity index (χ3v) is 3.19. The van der Waals surface area contributed by atoms with E-state index < -0.39 is 0 Å². The van der Waals surface area contributed by atoms with Crippen molar-refractivity contribution < 1.29 is 0 Å². The molecule has 84 valence electrons. The molecule has 3 nitrogen and oxygen atoms in total. The lowest BCUT2D eigenvalue weighted by Crippen LogP contribution is -2.33. The Morgan fingerprint density at radius 3 is 2.80 bits per heavy atom. The van der Waals surface area contributed by atoms with Crippen LogP contribution in [-0.2, 0) is 13.5 Å². The van der Waals surface area contributed by atoms with Gasteiger partial charge in [-0.3, -0.25) is 4.68 Å². The zero-order valence-electron chi connectivity index (χ0n) is 9.95. The Hall–Kier alpha value is -0.830. The van der Waals surface area contributed by atoms with Gasteiger partial charge in [0.15, 0.2) is 0 Å². The van der Waals surface area contributed by atoms with Crippen molar-refractivity contribution in [2.75, 3.05) is 6.54 Å². The van der Waals surface area contributed by atoms with Gasteiger partial charge in [-0.05, 0) is 38.3 Å². The topological polar surface area (TPSA) is 29.9 Å². The molecule has 1 aromatic rings. The Morgan fingerprint density at radius 1 is 1.60 bits per heavy atom. The van der Waals surface area contributed by atoms with Crippen LogP contribution < -0.4 is 5.32 Å². The van der Waals surface area contributed by atoms with Gasteiger partial charge in [0.05, 0.1) is 5.69 Å². The van der Waals surface area contributed by atoms with Crippen LogP contribution in [0.25, 0.3) is 0 Å². The first-order valence-electron chi connectivity index (χ1n) is 5.93. The molecule has 2 rings (SSSR count). The number of hydrogen-bond acceptors (Lipinski definition) is 2. The summed E-state index contributed by atoms with van der Waals surface area (Å²) in [4.78, 5) is 0. The van der Waals surface area contributed by atoms with E-state index in [-0.39, 0.29) is 0 Å². The number of aryl methyl sites for hydroxylation is 2. The molecule has 1 unspecified atom stereocenters. The highest BCUT2D eigenvalue weighted by molar-refractivity contribution is 5.11. The minimum Gasteiger partial charge on any atom is -0.314 e. The number of hydrogen-bond donors (Lipinski definition) is 1. The van der Waals surface area contributed by atoms with Crippen molar-refractivity contribution >= 4 is 0 Å². The van der Waals surface area contributed by atoms with Crippen molar-refractivity contribution in [3.63, 3.8) is 0 Å². The molecule has 1 fully saturated rings. The first kappa shape index (κ1) is 10.7. The smallest absolute Gasteiger partial charge is 0.0596 e. The number of rotatable bonds is 5. The zero-order chi connectivity index (χ0) is 10.8. The highest BCUT2D eigenvalue weighted by atomic mass is 15.3. The molecule has 0 amide bonds. The van der Waals surface area contributed by atoms with E-state index in [2.05, 4.69) is 30.3 Å². The normalized spacial score (nSPS) is 18.1. The van der Waals surface area contributed by atoms with Crippen molar-refractivity contribution in [2.24, 2.45) is 13.0 Å². The second kappa shape index (κ2) is 4.35. The van der Waals surface area contributed by atoms with E-state index in [0.717, 1.165) is 24.6 Å². The third-order valence-electron chi connectivity index (χ3n) is 3.19. The monoisotopic (exact) mass is 207 g/mol. The van der Waals surface area contributed by atoms with Crippen LogP contribution in [-0.4, -0.2) is 22.4 Å². The Morgan fingerprint density at radius 2 is 2.33 bits per heavy atom. The van der Waals surface area contributed by atoms with Gasteiger partial charge in [-0.2, -0.15) is 5.10 Å². The predicted molar refractivity (Wildman–Crippen MR) is 61.8 cm³/mol. The van der Waals surface area contributed by atoms with Gasteiger partial charge in [-0.1, -0.05) is 6.92 Å². The molecule has 0 bridgehead atoms. The predicted octanol–water partition coefficient (Wildman–Crippen LogP) is 1.66. The van der Waals surface area contributed by atoms with Crippen molar-refractivity contribution in [2.45, 2.75) is 39.2 Å². The second-order valence-corrected chi connectivity index (χ2v) is 4.61. The van der Waals surface area contributed by atoms with Crippen molar-refractivity contribution in [1.82, 2.24) is 15.1 Å². The van der Waals surface area contributed by atoms with Crippen LogP contribution in [0.5, 0.6) is 0 Å². The van der Waals surface area contributed by atoms with Gasteiger partial charge in [-0.15, -0.1) is 0 Å². The fourth-order valence-electron chi connectivity index (χ4n) is 2.25. The van der Waals surface area contributed by atoms with Gasteiger partial charge in [0.2, 0.25) is 0 Å². The van der Waals surface area contributed by atoms with Gasteiger partial charge < -0.3 is 5.32 Å². The highest BCUT2D eigenvalue weighted by Gasteiger charge is 2.31. The summed E-state index contributed by atoms with van der Waals surface area (Å²) in [5.41, 5.74) is 2.48. The SMILES string of the molecule is CCNC(Cc1cc(C)nn1C)C1CC1. The minimum absolute atomic E-state index is 0.657. The summed E-state index contributed by atoms with van der Waals surface area (Å²) in [6.45, 7) is 5.31. The van der Waals surface area contributed by atoms with Crippen LogP contribution in [0, 0.1) is 12.8 Å². The first-order valence-corrected chi connectivity index (χ1v) is 5.93. The number of likely N-dealkylation sites (N-methyl/N-ethyl adjacent to an activating group) is 1. The Labute approximate surface area is 91.9 Å². The van der Waals surface area contributed by atoms with Crippen LogP contribution in [0.2, 0.25) is 0 Å². The molecule has 0 aliphatic heterocycles. The Balaban J connectivity index is 2.01. The molecule has 1 heterocycles. The van der Waals surface area contributed by atoms with Crippen LogP contribution in [0.1, 0.15) is 31.2 Å².